The number of carbonyl (C=O) groups excluding carboxylic acids is 1. The van der Waals surface area contributed by atoms with Crippen molar-refractivity contribution in [3.05, 3.63) is 90.0 Å². The molecule has 29 heavy (non-hydrogen) atoms. The summed E-state index contributed by atoms with van der Waals surface area (Å²) in [5.41, 5.74) is 3.08. The molecular weight excluding hydrogens is 386 g/mol. The van der Waals surface area contributed by atoms with Crippen LogP contribution < -0.4 is 10.5 Å². The third-order valence-corrected chi connectivity index (χ3v) is 5.06. The van der Waals surface area contributed by atoms with Gasteiger partial charge in [0.25, 0.3) is 5.91 Å². The smallest absolute Gasteiger partial charge is 0.266 e. The average Bonchev–Trinajstić information content (AvgIpc) is 2.73. The van der Waals surface area contributed by atoms with Gasteiger partial charge in [0, 0.05) is 5.69 Å². The zero-order valence-corrected chi connectivity index (χ0v) is 16.1. The lowest BCUT2D eigenvalue weighted by Crippen LogP contribution is -2.14. The van der Waals surface area contributed by atoms with Gasteiger partial charge < -0.3 is 5.32 Å². The predicted octanol–water partition coefficient (Wildman–Crippen LogP) is 3.55. The van der Waals surface area contributed by atoms with Crippen LogP contribution in [0.25, 0.3) is 17.2 Å². The summed E-state index contributed by atoms with van der Waals surface area (Å²) in [4.78, 5) is 12.3. The van der Waals surface area contributed by atoms with Crippen molar-refractivity contribution in [2.45, 2.75) is 4.90 Å². The van der Waals surface area contributed by atoms with Crippen molar-refractivity contribution in [2.75, 3.05) is 5.32 Å². The molecule has 0 unspecified atom stereocenters. The Morgan fingerprint density at radius 3 is 2.03 bits per heavy atom. The Morgan fingerprint density at radius 1 is 0.897 bits per heavy atom. The number of hydrogen-bond donors (Lipinski definition) is 2. The molecule has 6 nitrogen and oxygen atoms in total. The van der Waals surface area contributed by atoms with Gasteiger partial charge in [0.1, 0.15) is 11.6 Å². The molecule has 0 radical (unpaired) electrons. The molecule has 0 aliphatic carbocycles. The second kappa shape index (κ2) is 8.52. The molecule has 144 valence electrons. The van der Waals surface area contributed by atoms with Crippen molar-refractivity contribution in [3.8, 4) is 17.2 Å². The minimum Gasteiger partial charge on any atom is -0.321 e. The van der Waals surface area contributed by atoms with Gasteiger partial charge in [-0.05, 0) is 47.0 Å². The van der Waals surface area contributed by atoms with E-state index in [9.17, 15) is 18.5 Å². The number of primary sulfonamides is 1. The van der Waals surface area contributed by atoms with Gasteiger partial charge >= 0.3 is 0 Å². The molecule has 3 aromatic carbocycles. The van der Waals surface area contributed by atoms with E-state index in [4.69, 9.17) is 5.14 Å². The molecule has 0 saturated heterocycles. The van der Waals surface area contributed by atoms with Crippen LogP contribution in [0.2, 0.25) is 0 Å². The summed E-state index contributed by atoms with van der Waals surface area (Å²) in [7, 11) is -3.81. The fourth-order valence-electron chi connectivity index (χ4n) is 2.64. The topological polar surface area (TPSA) is 113 Å². The number of amides is 1. The quantitative estimate of drug-likeness (QED) is 0.501. The number of benzene rings is 3. The van der Waals surface area contributed by atoms with Crippen LogP contribution in [-0.2, 0) is 14.8 Å². The van der Waals surface area contributed by atoms with Crippen LogP contribution in [0.4, 0.5) is 5.69 Å². The Kier molecular flexibility index (Phi) is 5.88. The van der Waals surface area contributed by atoms with Gasteiger partial charge in [-0.15, -0.1) is 0 Å². The van der Waals surface area contributed by atoms with E-state index < -0.39 is 15.9 Å². The zero-order valence-electron chi connectivity index (χ0n) is 15.2. The molecule has 3 aromatic rings. The third kappa shape index (κ3) is 5.17. The molecule has 0 saturated carbocycles. The number of nitrogens with two attached hydrogens (primary N) is 1. The van der Waals surface area contributed by atoms with Crippen LogP contribution in [0.1, 0.15) is 5.56 Å². The Bertz CT molecular complexity index is 1190. The summed E-state index contributed by atoms with van der Waals surface area (Å²) in [6.07, 6.45) is 1.49. The largest absolute Gasteiger partial charge is 0.321 e. The van der Waals surface area contributed by atoms with E-state index in [0.29, 0.717) is 11.3 Å². The second-order valence-electron chi connectivity index (χ2n) is 6.18. The molecule has 0 aromatic heterocycles. The summed E-state index contributed by atoms with van der Waals surface area (Å²) in [6.45, 7) is 0. The van der Waals surface area contributed by atoms with Crippen LogP contribution in [0.5, 0.6) is 0 Å². The highest BCUT2D eigenvalue weighted by molar-refractivity contribution is 7.89. The summed E-state index contributed by atoms with van der Waals surface area (Å²) in [5.74, 6) is -0.594. The fourth-order valence-corrected chi connectivity index (χ4v) is 3.16. The van der Waals surface area contributed by atoms with Crippen LogP contribution in [-0.4, -0.2) is 14.3 Å². The molecule has 0 spiro atoms. The fraction of sp³-hybridized carbons (Fsp3) is 0. The number of anilines is 1. The van der Waals surface area contributed by atoms with Gasteiger partial charge in [-0.25, -0.2) is 13.6 Å². The van der Waals surface area contributed by atoms with Crippen molar-refractivity contribution >= 4 is 27.7 Å². The number of nitriles is 1. The number of carbonyl (C=O) groups is 1. The molecular formula is C22H17N3O3S. The van der Waals surface area contributed by atoms with Gasteiger partial charge in [-0.2, -0.15) is 5.26 Å². The Morgan fingerprint density at radius 2 is 1.48 bits per heavy atom. The molecule has 0 atom stereocenters. The van der Waals surface area contributed by atoms with E-state index in [0.717, 1.165) is 11.1 Å². The highest BCUT2D eigenvalue weighted by atomic mass is 32.2. The highest BCUT2D eigenvalue weighted by Crippen LogP contribution is 2.20. The second-order valence-corrected chi connectivity index (χ2v) is 7.74. The van der Waals surface area contributed by atoms with Crippen molar-refractivity contribution in [1.82, 2.24) is 0 Å². The lowest BCUT2D eigenvalue weighted by atomic mass is 10.0. The zero-order chi connectivity index (χ0) is 20.9. The van der Waals surface area contributed by atoms with E-state index in [1.807, 2.05) is 60.7 Å². The van der Waals surface area contributed by atoms with E-state index in [-0.39, 0.29) is 10.5 Å². The first kappa shape index (κ1) is 20.0. The molecule has 1 amide bonds. The lowest BCUT2D eigenvalue weighted by Gasteiger charge is -2.06. The Labute approximate surface area is 169 Å². The first-order chi connectivity index (χ1) is 13.9. The summed E-state index contributed by atoms with van der Waals surface area (Å²) < 4.78 is 22.6. The molecule has 0 heterocycles. The predicted molar refractivity (Wildman–Crippen MR) is 112 cm³/mol. The third-order valence-electron chi connectivity index (χ3n) is 4.13. The molecule has 0 aliphatic rings. The van der Waals surface area contributed by atoms with Crippen molar-refractivity contribution in [3.63, 3.8) is 0 Å². The minimum absolute atomic E-state index is 0.0648. The van der Waals surface area contributed by atoms with Crippen LogP contribution in [0, 0.1) is 11.3 Å². The Balaban J connectivity index is 1.75. The Hall–Kier alpha value is -3.73. The van der Waals surface area contributed by atoms with Gasteiger partial charge in [0.05, 0.1) is 4.90 Å². The summed E-state index contributed by atoms with van der Waals surface area (Å²) in [5, 5.41) is 17.0. The summed E-state index contributed by atoms with van der Waals surface area (Å²) in [6, 6.07) is 24.6. The maximum Gasteiger partial charge on any atom is 0.266 e. The van der Waals surface area contributed by atoms with Crippen LogP contribution in [0.15, 0.2) is 89.3 Å². The number of nitrogens with zero attached hydrogens (tertiary/aromatic N) is 1. The molecule has 0 bridgehead atoms. The van der Waals surface area contributed by atoms with Gasteiger partial charge in [-0.3, -0.25) is 4.79 Å². The average molecular weight is 403 g/mol. The van der Waals surface area contributed by atoms with Crippen LogP contribution in [0.3, 0.4) is 0 Å². The van der Waals surface area contributed by atoms with Crippen LogP contribution >= 0.6 is 0 Å². The van der Waals surface area contributed by atoms with Crippen molar-refractivity contribution in [1.29, 1.82) is 5.26 Å². The number of rotatable bonds is 5. The number of nitrogens with one attached hydrogen (secondary N) is 1. The normalized spacial score (nSPS) is 11.5. The SMILES string of the molecule is N#C/C(=C\c1ccc(-c2ccccc2)cc1)C(=O)Nc1ccc(S(N)(=O)=O)cc1. The molecule has 3 N–H and O–H groups in total. The number of hydrogen-bond acceptors (Lipinski definition) is 4. The van der Waals surface area contributed by atoms with E-state index >= 15 is 0 Å². The minimum atomic E-state index is -3.81. The first-order valence-electron chi connectivity index (χ1n) is 8.58. The maximum absolute atomic E-state index is 12.4. The molecule has 0 aliphatic heterocycles. The number of sulfonamides is 1. The first-order valence-corrected chi connectivity index (χ1v) is 10.1. The van der Waals surface area contributed by atoms with Crippen molar-refractivity contribution in [2.24, 2.45) is 5.14 Å². The van der Waals surface area contributed by atoms with Gasteiger partial charge in [-0.1, -0.05) is 54.6 Å². The van der Waals surface area contributed by atoms with Gasteiger partial charge in [0.15, 0.2) is 0 Å². The van der Waals surface area contributed by atoms with Crippen molar-refractivity contribution < 1.29 is 13.2 Å². The lowest BCUT2D eigenvalue weighted by molar-refractivity contribution is -0.112. The standard InChI is InChI=1S/C22H17N3O3S/c23-15-19(22(26)25-20-10-12-21(13-11-20)29(24,27)28)14-16-6-8-18(9-7-16)17-4-2-1-3-5-17/h1-14H,(H,25,26)(H2,24,27,28)/b19-14+. The highest BCUT2D eigenvalue weighted by Gasteiger charge is 2.11. The molecule has 0 fully saturated rings. The van der Waals surface area contributed by atoms with E-state index in [1.54, 1.807) is 0 Å². The molecule has 3 rings (SSSR count). The van der Waals surface area contributed by atoms with E-state index in [1.165, 1.54) is 30.3 Å². The van der Waals surface area contributed by atoms with E-state index in [2.05, 4.69) is 5.32 Å². The molecule has 7 heteroatoms. The summed E-state index contributed by atoms with van der Waals surface area (Å²) >= 11 is 0. The van der Waals surface area contributed by atoms with Gasteiger partial charge in [0.2, 0.25) is 10.0 Å². The monoisotopic (exact) mass is 403 g/mol. The maximum atomic E-state index is 12.4.